The van der Waals surface area contributed by atoms with Crippen molar-refractivity contribution < 1.29 is 0 Å². The summed E-state index contributed by atoms with van der Waals surface area (Å²) in [5, 5.41) is 15.9. The second-order valence-electron chi connectivity index (χ2n) is 4.30. The van der Waals surface area contributed by atoms with Crippen LogP contribution in [-0.2, 0) is 6.54 Å². The number of anilines is 1. The first-order valence-corrected chi connectivity index (χ1v) is 6.29. The number of hydrogen-bond acceptors (Lipinski definition) is 4. The molecule has 0 atom stereocenters. The van der Waals surface area contributed by atoms with Crippen molar-refractivity contribution in [3.8, 4) is 0 Å². The van der Waals surface area contributed by atoms with Crippen LogP contribution in [0.2, 0.25) is 0 Å². The minimum absolute atomic E-state index is 0.628. The molecule has 3 aromatic rings. The van der Waals surface area contributed by atoms with Gasteiger partial charge in [-0.05, 0) is 23.8 Å². The monoisotopic (exact) mass is 266 g/mol. The highest BCUT2D eigenvalue weighted by molar-refractivity contribution is 5.74. The van der Waals surface area contributed by atoms with E-state index in [1.165, 1.54) is 0 Å². The fraction of sp³-hybridized carbons (Fsp3) is 0.143. The molecule has 1 N–H and O–H groups in total. The lowest BCUT2D eigenvalue weighted by Gasteiger charge is -2.08. The first-order chi connectivity index (χ1) is 9.88. The van der Waals surface area contributed by atoms with Crippen LogP contribution in [0, 0.1) is 0 Å². The zero-order valence-corrected chi connectivity index (χ0v) is 11.1. The van der Waals surface area contributed by atoms with Gasteiger partial charge in [0.1, 0.15) is 5.52 Å². The van der Waals surface area contributed by atoms with Crippen molar-refractivity contribution in [2.75, 3.05) is 12.5 Å². The Morgan fingerprint density at radius 1 is 1.10 bits per heavy atom. The van der Waals surface area contributed by atoms with Crippen molar-refractivity contribution in [1.82, 2.24) is 15.0 Å². The Balaban J connectivity index is 1.95. The minimum atomic E-state index is 0.628. The number of para-hydroxylation sites is 2. The van der Waals surface area contributed by atoms with Crippen molar-refractivity contribution in [2.24, 2.45) is 10.3 Å². The molecule has 0 aliphatic rings. The Morgan fingerprint density at radius 3 is 2.80 bits per heavy atom. The number of rotatable bonds is 4. The summed E-state index contributed by atoms with van der Waals surface area (Å²) in [7, 11) is 1.63. The van der Waals surface area contributed by atoms with Gasteiger partial charge in [-0.3, -0.25) is 5.43 Å². The number of nitrogens with zero attached hydrogens (tertiary/aromatic N) is 5. The van der Waals surface area contributed by atoms with Gasteiger partial charge >= 0.3 is 0 Å². The fourth-order valence-electron chi connectivity index (χ4n) is 2.07. The Kier molecular flexibility index (Phi) is 3.36. The first-order valence-electron chi connectivity index (χ1n) is 6.29. The van der Waals surface area contributed by atoms with Gasteiger partial charge in [0.05, 0.1) is 24.8 Å². The minimum Gasteiger partial charge on any atom is -0.260 e. The van der Waals surface area contributed by atoms with Gasteiger partial charge in [-0.15, -0.1) is 5.10 Å². The molecule has 0 unspecified atom stereocenters. The maximum absolute atomic E-state index is 4.20. The molecule has 0 bridgehead atoms. The van der Waals surface area contributed by atoms with E-state index in [2.05, 4.69) is 26.1 Å². The van der Waals surface area contributed by atoms with Crippen LogP contribution in [0.25, 0.3) is 11.0 Å². The fourth-order valence-corrected chi connectivity index (χ4v) is 2.07. The molecule has 0 fully saturated rings. The number of aromatic nitrogens is 3. The number of nitrogens with one attached hydrogen (secondary N) is 1. The zero-order chi connectivity index (χ0) is 13.8. The third-order valence-corrected chi connectivity index (χ3v) is 3.03. The Hall–Kier alpha value is -2.76. The third-order valence-electron chi connectivity index (χ3n) is 3.03. The summed E-state index contributed by atoms with van der Waals surface area (Å²) in [6, 6.07) is 15.8. The number of hydrogen-bond donors (Lipinski definition) is 1. The maximum Gasteiger partial charge on any atom is 0.113 e. The Bertz CT molecular complexity index is 746. The largest absolute Gasteiger partial charge is 0.260 e. The van der Waals surface area contributed by atoms with E-state index in [-0.39, 0.29) is 0 Å². The molecule has 100 valence electrons. The Morgan fingerprint density at radius 2 is 1.90 bits per heavy atom. The van der Waals surface area contributed by atoms with E-state index in [1.807, 2.05) is 53.2 Å². The van der Waals surface area contributed by atoms with Gasteiger partial charge in [-0.2, -0.15) is 5.11 Å². The molecule has 0 spiro atoms. The van der Waals surface area contributed by atoms with E-state index in [0.29, 0.717) is 6.54 Å². The molecule has 0 aliphatic heterocycles. The summed E-state index contributed by atoms with van der Waals surface area (Å²) in [5.74, 6) is 0. The lowest BCUT2D eigenvalue weighted by molar-refractivity contribution is 0.670. The average Bonchev–Trinajstić information content (AvgIpc) is 2.90. The predicted octanol–water partition coefficient (Wildman–Crippen LogP) is 2.89. The molecule has 0 amide bonds. The number of fused-ring (bicyclic) bond motifs is 1. The van der Waals surface area contributed by atoms with Crippen molar-refractivity contribution in [3.05, 3.63) is 54.1 Å². The van der Waals surface area contributed by atoms with E-state index in [4.69, 9.17) is 0 Å². The van der Waals surface area contributed by atoms with Crippen LogP contribution in [-0.4, -0.2) is 22.0 Å². The summed E-state index contributed by atoms with van der Waals surface area (Å²) in [6.45, 7) is 0.628. The molecule has 0 saturated carbocycles. The highest BCUT2D eigenvalue weighted by Gasteiger charge is 2.07. The number of benzene rings is 2. The predicted molar refractivity (Wildman–Crippen MR) is 77.5 cm³/mol. The summed E-state index contributed by atoms with van der Waals surface area (Å²) in [5.41, 5.74) is 6.82. The van der Waals surface area contributed by atoms with Crippen LogP contribution in [0.1, 0.15) is 5.56 Å². The molecule has 1 aromatic heterocycles. The highest BCUT2D eigenvalue weighted by atomic mass is 15.4. The van der Waals surface area contributed by atoms with Gasteiger partial charge in [0.2, 0.25) is 0 Å². The van der Waals surface area contributed by atoms with Crippen LogP contribution in [0.4, 0.5) is 5.69 Å². The van der Waals surface area contributed by atoms with Gasteiger partial charge in [-0.1, -0.05) is 40.8 Å². The van der Waals surface area contributed by atoms with E-state index < -0.39 is 0 Å². The zero-order valence-electron chi connectivity index (χ0n) is 11.1. The molecule has 0 saturated heterocycles. The van der Waals surface area contributed by atoms with E-state index in [1.54, 1.807) is 7.05 Å². The highest BCUT2D eigenvalue weighted by Crippen LogP contribution is 2.18. The molecule has 0 aliphatic carbocycles. The topological polar surface area (TPSA) is 67.5 Å². The molecular formula is C14H14N6. The quantitative estimate of drug-likeness (QED) is 0.583. The summed E-state index contributed by atoms with van der Waals surface area (Å²) < 4.78 is 1.87. The van der Waals surface area contributed by atoms with Gasteiger partial charge in [0.25, 0.3) is 0 Å². The molecule has 0 radical (unpaired) electrons. The smallest absolute Gasteiger partial charge is 0.113 e. The first kappa shape index (κ1) is 12.3. The summed E-state index contributed by atoms with van der Waals surface area (Å²) in [6.07, 6.45) is 0. The van der Waals surface area contributed by atoms with E-state index in [0.717, 1.165) is 22.3 Å². The molecule has 20 heavy (non-hydrogen) atoms. The van der Waals surface area contributed by atoms with E-state index in [9.17, 15) is 0 Å². The van der Waals surface area contributed by atoms with Gasteiger partial charge < -0.3 is 0 Å². The molecular weight excluding hydrogens is 252 g/mol. The van der Waals surface area contributed by atoms with Gasteiger partial charge in [0, 0.05) is 0 Å². The lowest BCUT2D eigenvalue weighted by Crippen LogP contribution is -2.04. The molecule has 2 aromatic carbocycles. The summed E-state index contributed by atoms with van der Waals surface area (Å²) >= 11 is 0. The second-order valence-corrected chi connectivity index (χ2v) is 4.30. The lowest BCUT2D eigenvalue weighted by atomic mass is 10.2. The second kappa shape index (κ2) is 5.48. The van der Waals surface area contributed by atoms with Crippen LogP contribution >= 0.6 is 0 Å². The van der Waals surface area contributed by atoms with Crippen LogP contribution in [0.5, 0.6) is 0 Å². The maximum atomic E-state index is 4.20. The Labute approximate surface area is 116 Å². The van der Waals surface area contributed by atoms with Crippen molar-refractivity contribution in [3.63, 3.8) is 0 Å². The third kappa shape index (κ3) is 2.35. The molecule has 1 heterocycles. The van der Waals surface area contributed by atoms with Gasteiger partial charge in [-0.25, -0.2) is 4.68 Å². The average molecular weight is 266 g/mol. The molecule has 6 nitrogen and oxygen atoms in total. The van der Waals surface area contributed by atoms with Crippen molar-refractivity contribution in [2.45, 2.75) is 6.54 Å². The van der Waals surface area contributed by atoms with Crippen molar-refractivity contribution >= 4 is 16.7 Å². The summed E-state index contributed by atoms with van der Waals surface area (Å²) in [4.78, 5) is 0. The van der Waals surface area contributed by atoms with Gasteiger partial charge in [0.15, 0.2) is 0 Å². The SMILES string of the molecule is CN=NNc1ccccc1Cn1nnc2ccccc21. The van der Waals surface area contributed by atoms with E-state index >= 15 is 0 Å². The molecule has 3 rings (SSSR count). The normalized spacial score (nSPS) is 11.2. The van der Waals surface area contributed by atoms with Crippen LogP contribution < -0.4 is 5.43 Å². The van der Waals surface area contributed by atoms with Crippen LogP contribution in [0.15, 0.2) is 58.9 Å². The van der Waals surface area contributed by atoms with Crippen molar-refractivity contribution in [1.29, 1.82) is 0 Å². The van der Waals surface area contributed by atoms with Crippen LogP contribution in [0.3, 0.4) is 0 Å². The molecule has 6 heteroatoms. The standard InChI is InChI=1S/C14H14N6/c1-15-18-16-12-7-3-2-6-11(12)10-20-14-9-5-4-8-13(14)17-19-20/h2-9H,10H2,1H3,(H,15,16).